The van der Waals surface area contributed by atoms with E-state index < -0.39 is 15.7 Å². The lowest BCUT2D eigenvalue weighted by atomic mass is 9.92. The summed E-state index contributed by atoms with van der Waals surface area (Å²) < 4.78 is 37.7. The van der Waals surface area contributed by atoms with Crippen LogP contribution in [0.4, 0.5) is 0 Å². The zero-order chi connectivity index (χ0) is 19.5. The Hall–Kier alpha value is -2.32. The second kappa shape index (κ2) is 6.09. The molecule has 1 aromatic heterocycles. The molecule has 1 aromatic carbocycles. The van der Waals surface area contributed by atoms with Crippen LogP contribution < -0.4 is 4.74 Å². The van der Waals surface area contributed by atoms with Crippen molar-refractivity contribution in [3.63, 3.8) is 0 Å². The lowest BCUT2D eigenvalue weighted by Crippen LogP contribution is -2.59. The maximum Gasteiger partial charge on any atom is 0.211 e. The fourth-order valence-corrected chi connectivity index (χ4v) is 5.31. The molecule has 0 amide bonds. The van der Waals surface area contributed by atoms with E-state index in [0.717, 1.165) is 35.0 Å². The summed E-state index contributed by atoms with van der Waals surface area (Å²) in [7, 11) is -3.21. The fourth-order valence-electron chi connectivity index (χ4n) is 4.47. The van der Waals surface area contributed by atoms with Gasteiger partial charge in [-0.1, -0.05) is 18.2 Å². The second-order valence-corrected chi connectivity index (χ2v) is 9.75. The van der Waals surface area contributed by atoms with E-state index in [1.165, 1.54) is 10.6 Å². The summed E-state index contributed by atoms with van der Waals surface area (Å²) in [6.07, 6.45) is 3.14. The number of sulfonamides is 1. The summed E-state index contributed by atoms with van der Waals surface area (Å²) >= 11 is 0. The normalized spacial score (nSPS) is 23.9. The Bertz CT molecular complexity index is 1050. The third-order valence-electron chi connectivity index (χ3n) is 5.90. The molecule has 1 spiro atoms. The molecular weight excluding hydrogens is 378 g/mol. The van der Waals surface area contributed by atoms with Crippen LogP contribution in [-0.4, -0.2) is 48.5 Å². The van der Waals surface area contributed by atoms with Crippen LogP contribution in [0.25, 0.3) is 0 Å². The fraction of sp³-hybridized carbons (Fsp3) is 0.450. The van der Waals surface area contributed by atoms with Crippen LogP contribution in [0.5, 0.6) is 5.75 Å². The van der Waals surface area contributed by atoms with Crippen molar-refractivity contribution < 1.29 is 17.6 Å². The molecule has 0 N–H and O–H groups in total. The number of benzene rings is 1. The molecule has 1 fully saturated rings. The number of ether oxygens (including phenoxy) is 1. The predicted molar refractivity (Wildman–Crippen MR) is 105 cm³/mol. The Morgan fingerprint density at radius 3 is 2.57 bits per heavy atom. The van der Waals surface area contributed by atoms with Crippen molar-refractivity contribution >= 4 is 15.7 Å². The minimum absolute atomic E-state index is 0.0649. The molecule has 1 atom stereocenters. The van der Waals surface area contributed by atoms with Gasteiger partial charge in [-0.25, -0.2) is 17.7 Å². The molecule has 3 aliphatic heterocycles. The lowest BCUT2D eigenvalue weighted by Gasteiger charge is -2.50. The molecule has 1 saturated heterocycles. The molecule has 0 radical (unpaired) electrons. The number of furan rings is 1. The van der Waals surface area contributed by atoms with Crippen LogP contribution in [0.1, 0.15) is 42.4 Å². The van der Waals surface area contributed by atoms with Crippen molar-refractivity contribution in [1.82, 2.24) is 9.31 Å². The van der Waals surface area contributed by atoms with Crippen molar-refractivity contribution in [3.05, 3.63) is 53.5 Å². The number of piperidine rings is 1. The van der Waals surface area contributed by atoms with Crippen LogP contribution in [0.3, 0.4) is 0 Å². The number of aryl methyl sites for hydroxylation is 1. The Balaban J connectivity index is 1.54. The smallest absolute Gasteiger partial charge is 0.211 e. The molecular formula is C20H23N3O4S. The molecule has 5 rings (SSSR count). The van der Waals surface area contributed by atoms with Crippen molar-refractivity contribution in [2.24, 2.45) is 5.10 Å². The molecule has 0 bridgehead atoms. The van der Waals surface area contributed by atoms with Crippen molar-refractivity contribution in [2.75, 3.05) is 19.3 Å². The van der Waals surface area contributed by atoms with Gasteiger partial charge in [-0.15, -0.1) is 0 Å². The van der Waals surface area contributed by atoms with Gasteiger partial charge in [0.2, 0.25) is 15.7 Å². The molecule has 7 nitrogen and oxygen atoms in total. The van der Waals surface area contributed by atoms with E-state index >= 15 is 0 Å². The summed E-state index contributed by atoms with van der Waals surface area (Å²) in [5.74, 6) is 2.51. The average Bonchev–Trinajstić information content (AvgIpc) is 3.29. The SMILES string of the molecule is Cc1ccc(C2=NN3[C@@H](C2)c2ccccc2OC32CCN(S(C)(=O)=O)CC2)o1. The molecule has 0 unspecified atom stereocenters. The highest BCUT2D eigenvalue weighted by Crippen LogP contribution is 2.50. The van der Waals surface area contributed by atoms with Crippen molar-refractivity contribution in [3.8, 4) is 5.75 Å². The number of rotatable bonds is 2. The number of para-hydroxylation sites is 1. The molecule has 28 heavy (non-hydrogen) atoms. The Morgan fingerprint density at radius 1 is 1.14 bits per heavy atom. The number of fused-ring (bicyclic) bond motifs is 4. The standard InChI is InChI=1S/C20H23N3O4S/c1-14-7-8-19(26-14)16-13-17-15-5-3-4-6-18(15)27-20(23(17)21-16)9-11-22(12-10-20)28(2,24)25/h3-8,17H,9-13H2,1-2H3/t17-/m0/s1. The van der Waals surface area contributed by atoms with E-state index in [0.29, 0.717) is 25.9 Å². The first-order valence-electron chi connectivity index (χ1n) is 9.52. The quantitative estimate of drug-likeness (QED) is 0.774. The molecule has 148 valence electrons. The third-order valence-corrected chi connectivity index (χ3v) is 7.21. The van der Waals surface area contributed by atoms with Gasteiger partial charge in [-0.2, -0.15) is 5.10 Å². The summed E-state index contributed by atoms with van der Waals surface area (Å²) in [6.45, 7) is 2.77. The highest BCUT2D eigenvalue weighted by atomic mass is 32.2. The van der Waals surface area contributed by atoms with Gasteiger partial charge < -0.3 is 9.15 Å². The van der Waals surface area contributed by atoms with Crippen LogP contribution in [0.15, 0.2) is 45.9 Å². The first kappa shape index (κ1) is 17.8. The summed E-state index contributed by atoms with van der Waals surface area (Å²) in [4.78, 5) is 0. The molecule has 8 heteroatoms. The zero-order valence-electron chi connectivity index (χ0n) is 16.0. The minimum Gasteiger partial charge on any atom is -0.466 e. The summed E-state index contributed by atoms with van der Waals surface area (Å²) in [5, 5.41) is 6.98. The van der Waals surface area contributed by atoms with E-state index in [4.69, 9.17) is 14.3 Å². The van der Waals surface area contributed by atoms with Gasteiger partial charge in [-0.3, -0.25) is 0 Å². The first-order chi connectivity index (χ1) is 13.4. The van der Waals surface area contributed by atoms with Gasteiger partial charge in [0.1, 0.15) is 23.0 Å². The topological polar surface area (TPSA) is 75.3 Å². The van der Waals surface area contributed by atoms with Crippen LogP contribution in [0.2, 0.25) is 0 Å². The van der Waals surface area contributed by atoms with Gasteiger partial charge >= 0.3 is 0 Å². The number of hydrazone groups is 1. The van der Waals surface area contributed by atoms with Crippen molar-refractivity contribution in [2.45, 2.75) is 38.0 Å². The molecule has 0 saturated carbocycles. The Kier molecular flexibility index (Phi) is 3.86. The maximum atomic E-state index is 12.0. The number of hydrogen-bond acceptors (Lipinski definition) is 6. The van der Waals surface area contributed by atoms with E-state index in [9.17, 15) is 8.42 Å². The van der Waals surface area contributed by atoms with E-state index in [1.54, 1.807) is 0 Å². The molecule has 2 aromatic rings. The monoisotopic (exact) mass is 401 g/mol. The first-order valence-corrected chi connectivity index (χ1v) is 11.4. The molecule has 3 aliphatic rings. The van der Waals surface area contributed by atoms with Gasteiger partial charge in [0.25, 0.3) is 0 Å². The third kappa shape index (κ3) is 2.74. The van der Waals surface area contributed by atoms with Gasteiger partial charge in [0, 0.05) is 37.9 Å². The molecule has 4 heterocycles. The minimum atomic E-state index is -3.21. The van der Waals surface area contributed by atoms with Gasteiger partial charge in [-0.05, 0) is 25.1 Å². The largest absolute Gasteiger partial charge is 0.466 e. The van der Waals surface area contributed by atoms with Gasteiger partial charge in [0.05, 0.1) is 12.3 Å². The zero-order valence-corrected chi connectivity index (χ0v) is 16.8. The van der Waals surface area contributed by atoms with E-state index in [-0.39, 0.29) is 6.04 Å². The molecule has 0 aliphatic carbocycles. The lowest BCUT2D eigenvalue weighted by molar-refractivity contribution is -0.143. The second-order valence-electron chi connectivity index (χ2n) is 7.77. The summed E-state index contributed by atoms with van der Waals surface area (Å²) in [6, 6.07) is 12.0. The summed E-state index contributed by atoms with van der Waals surface area (Å²) in [5.41, 5.74) is 1.38. The van der Waals surface area contributed by atoms with Crippen LogP contribution >= 0.6 is 0 Å². The van der Waals surface area contributed by atoms with E-state index in [2.05, 4.69) is 11.1 Å². The van der Waals surface area contributed by atoms with E-state index in [1.807, 2.05) is 37.3 Å². The maximum absolute atomic E-state index is 12.0. The number of nitrogens with zero attached hydrogens (tertiary/aromatic N) is 3. The average molecular weight is 401 g/mol. The predicted octanol–water partition coefficient (Wildman–Crippen LogP) is 2.88. The highest BCUT2D eigenvalue weighted by Gasteiger charge is 2.52. The van der Waals surface area contributed by atoms with Gasteiger partial charge in [0.15, 0.2) is 0 Å². The highest BCUT2D eigenvalue weighted by molar-refractivity contribution is 7.88. The van der Waals surface area contributed by atoms with Crippen molar-refractivity contribution in [1.29, 1.82) is 0 Å². The number of hydrogen-bond donors (Lipinski definition) is 0. The van der Waals surface area contributed by atoms with Crippen LogP contribution in [0, 0.1) is 6.92 Å². The Morgan fingerprint density at radius 2 is 1.89 bits per heavy atom. The Labute approximate surface area is 164 Å². The van der Waals surface area contributed by atoms with Crippen LogP contribution in [-0.2, 0) is 10.0 Å².